The van der Waals surface area contributed by atoms with Crippen molar-refractivity contribution in [3.05, 3.63) is 35.9 Å². The molecule has 1 heterocycles. The summed E-state index contributed by atoms with van der Waals surface area (Å²) in [5.41, 5.74) is 1.38. The largest absolute Gasteiger partial charge is 0.298 e. The number of thioether (sulfide) groups is 1. The second-order valence-corrected chi connectivity index (χ2v) is 6.00. The van der Waals surface area contributed by atoms with E-state index in [2.05, 4.69) is 31.2 Å². The lowest BCUT2D eigenvalue weighted by atomic mass is 9.90. The van der Waals surface area contributed by atoms with Gasteiger partial charge in [-0.25, -0.2) is 0 Å². The molecule has 0 N–H and O–H groups in total. The van der Waals surface area contributed by atoms with Gasteiger partial charge >= 0.3 is 0 Å². The lowest BCUT2D eigenvalue weighted by Gasteiger charge is -2.21. The molecule has 1 aliphatic rings. The topological polar surface area (TPSA) is 17.1 Å². The Morgan fingerprint density at radius 2 is 2.06 bits per heavy atom. The van der Waals surface area contributed by atoms with Crippen LogP contribution in [0.1, 0.15) is 38.2 Å². The van der Waals surface area contributed by atoms with Gasteiger partial charge in [-0.1, -0.05) is 37.3 Å². The average Bonchev–Trinajstić information content (AvgIpc) is 2.61. The second kappa shape index (κ2) is 5.05. The summed E-state index contributed by atoms with van der Waals surface area (Å²) >= 11 is 1.85. The Labute approximate surface area is 102 Å². The van der Waals surface area contributed by atoms with Crippen LogP contribution in [0.2, 0.25) is 0 Å². The first-order valence-electron chi connectivity index (χ1n) is 5.95. The molecule has 1 aromatic carbocycles. The molecule has 1 fully saturated rings. The Balaban J connectivity index is 2.15. The highest BCUT2D eigenvalue weighted by atomic mass is 32.2. The molecule has 0 bridgehead atoms. The molecule has 86 valence electrons. The first kappa shape index (κ1) is 11.7. The van der Waals surface area contributed by atoms with E-state index < -0.39 is 0 Å². The maximum atomic E-state index is 11.6. The number of rotatable bonds is 3. The first-order chi connectivity index (χ1) is 7.72. The van der Waals surface area contributed by atoms with E-state index in [1.165, 1.54) is 5.56 Å². The van der Waals surface area contributed by atoms with Crippen molar-refractivity contribution in [3.63, 3.8) is 0 Å². The van der Waals surface area contributed by atoms with Crippen molar-refractivity contribution in [2.75, 3.05) is 0 Å². The fraction of sp³-hybridized carbons (Fsp3) is 0.500. The first-order valence-corrected chi connectivity index (χ1v) is 6.89. The van der Waals surface area contributed by atoms with Gasteiger partial charge in [0.25, 0.3) is 0 Å². The molecule has 0 radical (unpaired) electrons. The second-order valence-electron chi connectivity index (χ2n) is 4.41. The van der Waals surface area contributed by atoms with Gasteiger partial charge in [-0.2, -0.15) is 0 Å². The van der Waals surface area contributed by atoms with Gasteiger partial charge < -0.3 is 0 Å². The van der Waals surface area contributed by atoms with Crippen LogP contribution in [0.25, 0.3) is 0 Å². The lowest BCUT2D eigenvalue weighted by Crippen LogP contribution is -2.12. The van der Waals surface area contributed by atoms with Crippen molar-refractivity contribution >= 4 is 17.5 Å². The lowest BCUT2D eigenvalue weighted by molar-refractivity contribution is -0.117. The van der Waals surface area contributed by atoms with E-state index in [-0.39, 0.29) is 5.25 Å². The highest BCUT2D eigenvalue weighted by molar-refractivity contribution is 8.01. The van der Waals surface area contributed by atoms with Crippen LogP contribution >= 0.6 is 11.8 Å². The number of carbonyl (C=O) groups excluding carboxylic acids is 1. The van der Waals surface area contributed by atoms with E-state index >= 15 is 0 Å². The minimum atomic E-state index is 0.197. The van der Waals surface area contributed by atoms with Crippen molar-refractivity contribution in [2.45, 2.75) is 43.1 Å². The fourth-order valence-corrected chi connectivity index (χ4v) is 3.97. The monoisotopic (exact) mass is 234 g/mol. The summed E-state index contributed by atoms with van der Waals surface area (Å²) in [6.45, 7) is 4.25. The van der Waals surface area contributed by atoms with Gasteiger partial charge in [-0.15, -0.1) is 11.8 Å². The smallest absolute Gasteiger partial charge is 0.146 e. The third-order valence-electron chi connectivity index (χ3n) is 3.35. The van der Waals surface area contributed by atoms with Crippen molar-refractivity contribution in [1.82, 2.24) is 0 Å². The van der Waals surface area contributed by atoms with Crippen molar-refractivity contribution in [1.29, 1.82) is 0 Å². The van der Waals surface area contributed by atoms with E-state index in [4.69, 9.17) is 0 Å². The Morgan fingerprint density at radius 1 is 1.38 bits per heavy atom. The maximum Gasteiger partial charge on any atom is 0.146 e. The molecular weight excluding hydrogens is 216 g/mol. The molecule has 0 aliphatic carbocycles. The zero-order valence-electron chi connectivity index (χ0n) is 9.85. The summed E-state index contributed by atoms with van der Waals surface area (Å²) in [6, 6.07) is 10.6. The summed E-state index contributed by atoms with van der Waals surface area (Å²) in [7, 11) is 0. The van der Waals surface area contributed by atoms with Crippen molar-refractivity contribution in [2.24, 2.45) is 0 Å². The number of benzene rings is 1. The molecule has 0 saturated carbocycles. The molecule has 1 nitrogen and oxygen atoms in total. The highest BCUT2D eigenvalue weighted by Gasteiger charge is 2.34. The van der Waals surface area contributed by atoms with Crippen molar-refractivity contribution in [3.8, 4) is 0 Å². The number of ketones is 1. The third-order valence-corrected chi connectivity index (χ3v) is 4.87. The van der Waals surface area contributed by atoms with Crippen LogP contribution in [0.15, 0.2) is 30.3 Å². The summed E-state index contributed by atoms with van der Waals surface area (Å²) in [4.78, 5) is 11.6. The van der Waals surface area contributed by atoms with Gasteiger partial charge in [0.15, 0.2) is 0 Å². The fourth-order valence-electron chi connectivity index (χ4n) is 2.40. The van der Waals surface area contributed by atoms with Crippen LogP contribution in [0.4, 0.5) is 0 Å². The van der Waals surface area contributed by atoms with Crippen LogP contribution in [-0.2, 0) is 4.79 Å². The standard InChI is InChI=1S/C14H18OS/c1-3-12(11-7-5-4-6-8-11)14-9-13(15)10(2)16-14/h4-8,10,12,14H,3,9H2,1-2H3. The van der Waals surface area contributed by atoms with Crippen LogP contribution in [0.5, 0.6) is 0 Å². The maximum absolute atomic E-state index is 11.6. The Kier molecular flexibility index (Phi) is 3.70. The summed E-state index contributed by atoms with van der Waals surface area (Å²) < 4.78 is 0. The predicted molar refractivity (Wildman–Crippen MR) is 69.9 cm³/mol. The summed E-state index contributed by atoms with van der Waals surface area (Å²) in [5.74, 6) is 0.949. The van der Waals surface area contributed by atoms with Crippen LogP contribution in [0, 0.1) is 0 Å². The van der Waals surface area contributed by atoms with Crippen LogP contribution in [0.3, 0.4) is 0 Å². The van der Waals surface area contributed by atoms with Crippen LogP contribution in [-0.4, -0.2) is 16.3 Å². The Hall–Kier alpha value is -0.760. The van der Waals surface area contributed by atoms with Crippen molar-refractivity contribution < 1.29 is 4.79 Å². The quantitative estimate of drug-likeness (QED) is 0.794. The predicted octanol–water partition coefficient (Wildman–Crippen LogP) is 3.64. The number of carbonyl (C=O) groups is 1. The normalized spacial score (nSPS) is 27.0. The van der Waals surface area contributed by atoms with E-state index in [1.54, 1.807) is 0 Å². The van der Waals surface area contributed by atoms with Gasteiger partial charge in [0.05, 0.1) is 5.25 Å². The number of hydrogen-bond acceptors (Lipinski definition) is 2. The molecule has 1 saturated heterocycles. The van der Waals surface area contributed by atoms with Gasteiger partial charge in [-0.3, -0.25) is 4.79 Å². The number of Topliss-reactive ketones (excluding diaryl/α,β-unsaturated/α-hetero) is 1. The van der Waals surface area contributed by atoms with E-state index in [0.717, 1.165) is 12.8 Å². The molecule has 16 heavy (non-hydrogen) atoms. The average molecular weight is 234 g/mol. The van der Waals surface area contributed by atoms with E-state index in [0.29, 0.717) is 17.0 Å². The molecular formula is C14H18OS. The van der Waals surface area contributed by atoms with Gasteiger partial charge in [-0.05, 0) is 24.8 Å². The molecule has 0 spiro atoms. The molecule has 0 amide bonds. The molecule has 2 heteroatoms. The SMILES string of the molecule is CCC(c1ccccc1)C1CC(=O)C(C)S1. The zero-order valence-corrected chi connectivity index (χ0v) is 10.7. The molecule has 0 aromatic heterocycles. The van der Waals surface area contributed by atoms with Gasteiger partial charge in [0.2, 0.25) is 0 Å². The molecule has 3 atom stereocenters. The highest BCUT2D eigenvalue weighted by Crippen LogP contribution is 2.41. The summed E-state index contributed by atoms with van der Waals surface area (Å²) in [5, 5.41) is 0.678. The van der Waals surface area contributed by atoms with Gasteiger partial charge in [0, 0.05) is 11.7 Å². The van der Waals surface area contributed by atoms with E-state index in [9.17, 15) is 4.79 Å². The minimum absolute atomic E-state index is 0.197. The molecule has 2 rings (SSSR count). The zero-order chi connectivity index (χ0) is 11.5. The van der Waals surface area contributed by atoms with Gasteiger partial charge in [0.1, 0.15) is 5.78 Å². The third kappa shape index (κ3) is 2.32. The Morgan fingerprint density at radius 3 is 2.56 bits per heavy atom. The molecule has 1 aromatic rings. The Bertz CT molecular complexity index is 360. The van der Waals surface area contributed by atoms with E-state index in [1.807, 2.05) is 24.8 Å². The van der Waals surface area contributed by atoms with Crippen LogP contribution < -0.4 is 0 Å². The minimum Gasteiger partial charge on any atom is -0.298 e. The molecule has 1 aliphatic heterocycles. The summed E-state index contributed by atoms with van der Waals surface area (Å²) in [6.07, 6.45) is 1.86. The number of hydrogen-bond donors (Lipinski definition) is 0. The molecule has 3 unspecified atom stereocenters.